The molecule has 2 nitrogen and oxygen atoms in total. The molecule has 17 heavy (non-hydrogen) atoms. The van der Waals surface area contributed by atoms with Crippen molar-refractivity contribution in [1.82, 2.24) is 5.32 Å². The van der Waals surface area contributed by atoms with E-state index in [4.69, 9.17) is 4.74 Å². The van der Waals surface area contributed by atoms with Crippen LogP contribution in [-0.2, 0) is 11.3 Å². The molecule has 0 saturated heterocycles. The lowest BCUT2D eigenvalue weighted by atomic mass is 9.95. The average molecular weight is 239 g/mol. The molecular weight excluding hydrogens is 217 g/mol. The maximum Gasteiger partial charge on any atom is 0.128 e. The Morgan fingerprint density at radius 3 is 2.65 bits per heavy atom. The van der Waals surface area contributed by atoms with Gasteiger partial charge in [-0.2, -0.15) is 0 Å². The molecule has 1 aromatic carbocycles. The fraction of sp³-hybridized carbons (Fsp3) is 0.571. The van der Waals surface area contributed by atoms with Crippen molar-refractivity contribution >= 4 is 0 Å². The van der Waals surface area contributed by atoms with Crippen molar-refractivity contribution in [1.29, 1.82) is 0 Å². The Morgan fingerprint density at radius 1 is 1.29 bits per heavy atom. The summed E-state index contributed by atoms with van der Waals surface area (Å²) in [6.07, 6.45) is 0. The summed E-state index contributed by atoms with van der Waals surface area (Å²) in [5.74, 6) is -0.197. The molecule has 1 rings (SSSR count). The maximum absolute atomic E-state index is 13.3. The van der Waals surface area contributed by atoms with E-state index >= 15 is 0 Å². The topological polar surface area (TPSA) is 21.3 Å². The first-order valence-corrected chi connectivity index (χ1v) is 6.07. The van der Waals surface area contributed by atoms with Crippen LogP contribution in [0.5, 0.6) is 0 Å². The van der Waals surface area contributed by atoms with Gasteiger partial charge in [0.25, 0.3) is 0 Å². The second-order valence-electron chi connectivity index (χ2n) is 5.03. The lowest BCUT2D eigenvalue weighted by Gasteiger charge is -2.24. The quantitative estimate of drug-likeness (QED) is 0.790. The molecule has 0 spiro atoms. The number of halogens is 1. The van der Waals surface area contributed by atoms with E-state index in [0.29, 0.717) is 18.8 Å². The van der Waals surface area contributed by atoms with Crippen LogP contribution in [-0.4, -0.2) is 19.7 Å². The molecular formula is C14H22FNO. The Hall–Kier alpha value is -0.930. The highest BCUT2D eigenvalue weighted by Crippen LogP contribution is 2.16. The zero-order valence-electron chi connectivity index (χ0n) is 10.9. The molecule has 1 N–H and O–H groups in total. The zero-order valence-corrected chi connectivity index (χ0v) is 10.9. The van der Waals surface area contributed by atoms with Crippen LogP contribution in [0.2, 0.25) is 0 Å². The van der Waals surface area contributed by atoms with E-state index in [1.54, 1.807) is 12.1 Å². The monoisotopic (exact) mass is 239 g/mol. The number of hydrogen-bond donors (Lipinski definition) is 1. The minimum absolute atomic E-state index is 0.0707. The van der Waals surface area contributed by atoms with E-state index in [1.807, 2.05) is 6.07 Å². The highest BCUT2D eigenvalue weighted by molar-refractivity contribution is 5.16. The maximum atomic E-state index is 13.3. The Bertz CT molecular complexity index is 339. The Morgan fingerprint density at radius 2 is 2.00 bits per heavy atom. The van der Waals surface area contributed by atoms with E-state index in [0.717, 1.165) is 13.1 Å². The molecule has 0 atom stereocenters. The van der Waals surface area contributed by atoms with Crippen LogP contribution in [0, 0.1) is 11.2 Å². The Kier molecular flexibility index (Phi) is 5.59. The summed E-state index contributed by atoms with van der Waals surface area (Å²) in [6, 6.07) is 6.73. The molecule has 0 aliphatic rings. The number of nitrogens with one attached hydrogen (secondary N) is 1. The molecule has 1 aromatic rings. The number of ether oxygens (including phenoxy) is 1. The second kappa shape index (κ2) is 6.72. The number of hydrogen-bond acceptors (Lipinski definition) is 2. The van der Waals surface area contributed by atoms with Gasteiger partial charge in [-0.3, -0.25) is 0 Å². The highest BCUT2D eigenvalue weighted by Gasteiger charge is 2.17. The molecule has 0 radical (unpaired) electrons. The third-order valence-corrected chi connectivity index (χ3v) is 2.56. The van der Waals surface area contributed by atoms with Crippen molar-refractivity contribution in [2.45, 2.75) is 27.4 Å². The summed E-state index contributed by atoms with van der Waals surface area (Å²) in [5.41, 5.74) is 0.688. The smallest absolute Gasteiger partial charge is 0.128 e. The lowest BCUT2D eigenvalue weighted by molar-refractivity contribution is 0.0501. The van der Waals surface area contributed by atoms with E-state index in [2.05, 4.69) is 26.1 Å². The summed E-state index contributed by atoms with van der Waals surface area (Å²) >= 11 is 0. The fourth-order valence-electron chi connectivity index (χ4n) is 1.57. The van der Waals surface area contributed by atoms with E-state index in [9.17, 15) is 4.39 Å². The Balaban J connectivity index is 2.35. The molecule has 0 saturated carbocycles. The first-order valence-electron chi connectivity index (χ1n) is 6.07. The van der Waals surface area contributed by atoms with Gasteiger partial charge in [0.15, 0.2) is 0 Å². The molecule has 0 unspecified atom stereocenters. The van der Waals surface area contributed by atoms with Crippen molar-refractivity contribution in [2.24, 2.45) is 5.41 Å². The van der Waals surface area contributed by atoms with E-state index < -0.39 is 0 Å². The molecule has 0 aliphatic carbocycles. The van der Waals surface area contributed by atoms with Gasteiger partial charge in [0, 0.05) is 17.5 Å². The van der Waals surface area contributed by atoms with Crippen molar-refractivity contribution in [3.63, 3.8) is 0 Å². The molecule has 0 aromatic heterocycles. The van der Waals surface area contributed by atoms with Gasteiger partial charge in [0.05, 0.1) is 13.2 Å². The number of benzene rings is 1. The first kappa shape index (κ1) is 14.1. The highest BCUT2D eigenvalue weighted by atomic mass is 19.1. The molecule has 0 heterocycles. The average Bonchev–Trinajstić information content (AvgIpc) is 2.29. The van der Waals surface area contributed by atoms with Crippen LogP contribution in [0.3, 0.4) is 0 Å². The van der Waals surface area contributed by atoms with Gasteiger partial charge in [-0.05, 0) is 12.6 Å². The third-order valence-electron chi connectivity index (χ3n) is 2.56. The predicted octanol–water partition coefficient (Wildman–Crippen LogP) is 2.98. The standard InChI is InChI=1S/C14H22FNO/c1-4-16-10-14(2,3)11-17-9-12-7-5-6-8-13(12)15/h5-8,16H,4,9-11H2,1-3H3. The first-order chi connectivity index (χ1) is 8.05. The second-order valence-corrected chi connectivity index (χ2v) is 5.03. The summed E-state index contributed by atoms with van der Waals surface area (Å²) in [6.45, 7) is 9.17. The van der Waals surface area contributed by atoms with Crippen molar-refractivity contribution in [3.8, 4) is 0 Å². The molecule has 0 aliphatic heterocycles. The van der Waals surface area contributed by atoms with Crippen molar-refractivity contribution < 1.29 is 9.13 Å². The molecule has 0 fully saturated rings. The lowest BCUT2D eigenvalue weighted by Crippen LogP contribution is -2.33. The summed E-state index contributed by atoms with van der Waals surface area (Å²) in [5, 5.41) is 3.29. The number of rotatable bonds is 7. The van der Waals surface area contributed by atoms with Gasteiger partial charge < -0.3 is 10.1 Å². The van der Waals surface area contributed by atoms with Gasteiger partial charge in [-0.25, -0.2) is 4.39 Å². The molecule has 3 heteroatoms. The zero-order chi connectivity index (χ0) is 12.7. The van der Waals surface area contributed by atoms with Gasteiger partial charge in [-0.1, -0.05) is 39.0 Å². The molecule has 0 bridgehead atoms. The van der Waals surface area contributed by atoms with Crippen LogP contribution < -0.4 is 5.32 Å². The van der Waals surface area contributed by atoms with Gasteiger partial charge in [-0.15, -0.1) is 0 Å². The van der Waals surface area contributed by atoms with Crippen LogP contribution in [0.15, 0.2) is 24.3 Å². The van der Waals surface area contributed by atoms with Crippen molar-refractivity contribution in [3.05, 3.63) is 35.6 Å². The van der Waals surface area contributed by atoms with Crippen LogP contribution >= 0.6 is 0 Å². The fourth-order valence-corrected chi connectivity index (χ4v) is 1.57. The van der Waals surface area contributed by atoms with Gasteiger partial charge in [0.2, 0.25) is 0 Å². The molecule has 96 valence electrons. The summed E-state index contributed by atoms with van der Waals surface area (Å²) < 4.78 is 18.9. The minimum atomic E-state index is -0.197. The van der Waals surface area contributed by atoms with Crippen LogP contribution in [0.25, 0.3) is 0 Å². The van der Waals surface area contributed by atoms with Gasteiger partial charge >= 0.3 is 0 Å². The summed E-state index contributed by atoms with van der Waals surface area (Å²) in [4.78, 5) is 0. The normalized spacial score (nSPS) is 11.8. The van der Waals surface area contributed by atoms with E-state index in [-0.39, 0.29) is 11.2 Å². The molecule has 0 amide bonds. The SMILES string of the molecule is CCNCC(C)(C)COCc1ccccc1F. The van der Waals surface area contributed by atoms with Crippen LogP contribution in [0.1, 0.15) is 26.3 Å². The predicted molar refractivity (Wildman–Crippen MR) is 68.4 cm³/mol. The van der Waals surface area contributed by atoms with Crippen LogP contribution in [0.4, 0.5) is 4.39 Å². The van der Waals surface area contributed by atoms with E-state index in [1.165, 1.54) is 6.07 Å². The van der Waals surface area contributed by atoms with Gasteiger partial charge in [0.1, 0.15) is 5.82 Å². The summed E-state index contributed by atoms with van der Waals surface area (Å²) in [7, 11) is 0. The third kappa shape index (κ3) is 5.29. The largest absolute Gasteiger partial charge is 0.376 e. The van der Waals surface area contributed by atoms with Crippen molar-refractivity contribution in [2.75, 3.05) is 19.7 Å². The Labute approximate surface area is 103 Å². The minimum Gasteiger partial charge on any atom is -0.376 e.